The van der Waals surface area contributed by atoms with E-state index in [1.807, 2.05) is 19.9 Å². The number of carbonyl (C=O) groups excluding carboxylic acids is 1. The van der Waals surface area contributed by atoms with Crippen molar-refractivity contribution in [3.63, 3.8) is 0 Å². The van der Waals surface area contributed by atoms with Crippen LogP contribution in [0.3, 0.4) is 0 Å². The fourth-order valence-corrected chi connectivity index (χ4v) is 2.09. The molecule has 1 N–H and O–H groups in total. The van der Waals surface area contributed by atoms with Crippen LogP contribution in [0, 0.1) is 0 Å². The molecule has 0 aromatic heterocycles. The number of oxime groups is 1. The van der Waals surface area contributed by atoms with Crippen molar-refractivity contribution < 1.29 is 14.7 Å². The predicted octanol–water partition coefficient (Wildman–Crippen LogP) is 2.00. The van der Waals surface area contributed by atoms with Gasteiger partial charge in [0, 0.05) is 11.0 Å². The molecule has 0 unspecified atom stereocenters. The molecule has 0 bridgehead atoms. The van der Waals surface area contributed by atoms with Crippen molar-refractivity contribution in [2.45, 2.75) is 19.3 Å². The molecule has 2 rings (SSSR count). The molecule has 0 radical (unpaired) electrons. The standard InChI is InChI=1S/C12H13NO3/c1-12(2)9-5-4-7(16-3)6-8(9)10(14)11(12)13-15/h4-6,15H,1-3H3/b13-11+. The van der Waals surface area contributed by atoms with E-state index in [1.165, 1.54) is 0 Å². The Kier molecular flexibility index (Phi) is 2.22. The van der Waals surface area contributed by atoms with Gasteiger partial charge in [0.15, 0.2) is 0 Å². The van der Waals surface area contributed by atoms with Gasteiger partial charge in [-0.1, -0.05) is 11.2 Å². The molecular weight excluding hydrogens is 206 g/mol. The van der Waals surface area contributed by atoms with Gasteiger partial charge in [-0.05, 0) is 31.5 Å². The summed E-state index contributed by atoms with van der Waals surface area (Å²) in [6.45, 7) is 3.72. The number of rotatable bonds is 1. The molecule has 4 heteroatoms. The van der Waals surface area contributed by atoms with Gasteiger partial charge in [-0.15, -0.1) is 0 Å². The highest BCUT2D eigenvalue weighted by Gasteiger charge is 2.43. The van der Waals surface area contributed by atoms with Crippen molar-refractivity contribution in [3.8, 4) is 5.75 Å². The summed E-state index contributed by atoms with van der Waals surface area (Å²) in [6, 6.07) is 5.32. The molecule has 1 aliphatic carbocycles. The van der Waals surface area contributed by atoms with Crippen molar-refractivity contribution in [3.05, 3.63) is 29.3 Å². The molecule has 16 heavy (non-hydrogen) atoms. The third-order valence-electron chi connectivity index (χ3n) is 3.05. The molecule has 4 nitrogen and oxygen atoms in total. The Balaban J connectivity index is 2.67. The fraction of sp³-hybridized carbons (Fsp3) is 0.333. The third kappa shape index (κ3) is 1.23. The zero-order chi connectivity index (χ0) is 11.9. The lowest BCUT2D eigenvalue weighted by Crippen LogP contribution is -2.27. The molecular formula is C12H13NO3. The monoisotopic (exact) mass is 219 g/mol. The number of Topliss-reactive ketones (excluding diaryl/α,β-unsaturated/α-hetero) is 1. The lowest BCUT2D eigenvalue weighted by molar-refractivity contribution is 0.106. The normalized spacial score (nSPS) is 19.9. The van der Waals surface area contributed by atoms with Gasteiger partial charge in [-0.2, -0.15) is 0 Å². The molecule has 1 aromatic carbocycles. The minimum absolute atomic E-state index is 0.177. The van der Waals surface area contributed by atoms with Crippen molar-refractivity contribution >= 4 is 11.5 Å². The number of hydrogen-bond donors (Lipinski definition) is 1. The second-order valence-electron chi connectivity index (χ2n) is 4.31. The van der Waals surface area contributed by atoms with Crippen LogP contribution in [0.4, 0.5) is 0 Å². The lowest BCUT2D eigenvalue weighted by Gasteiger charge is -2.17. The second kappa shape index (κ2) is 3.33. The molecule has 0 spiro atoms. The van der Waals surface area contributed by atoms with Gasteiger partial charge in [-0.3, -0.25) is 4.79 Å². The fourth-order valence-electron chi connectivity index (χ4n) is 2.09. The molecule has 0 amide bonds. The highest BCUT2D eigenvalue weighted by atomic mass is 16.5. The van der Waals surface area contributed by atoms with Crippen LogP contribution in [-0.4, -0.2) is 23.8 Å². The first-order valence-corrected chi connectivity index (χ1v) is 4.98. The summed E-state index contributed by atoms with van der Waals surface area (Å²) in [7, 11) is 1.55. The Morgan fingerprint density at radius 3 is 2.62 bits per heavy atom. The van der Waals surface area contributed by atoms with Crippen LogP contribution in [0.5, 0.6) is 5.75 Å². The SMILES string of the molecule is COc1ccc2c(c1)C(=O)/C(=N\O)C2(C)C. The van der Waals surface area contributed by atoms with Crippen LogP contribution in [0.15, 0.2) is 23.4 Å². The zero-order valence-corrected chi connectivity index (χ0v) is 9.44. The summed E-state index contributed by atoms with van der Waals surface area (Å²) in [4.78, 5) is 12.0. The molecule has 84 valence electrons. The largest absolute Gasteiger partial charge is 0.497 e. The average Bonchev–Trinajstić information content (AvgIpc) is 2.46. The number of methoxy groups -OCH3 is 1. The van der Waals surface area contributed by atoms with Crippen molar-refractivity contribution in [2.24, 2.45) is 5.16 Å². The minimum atomic E-state index is -0.548. The van der Waals surface area contributed by atoms with E-state index < -0.39 is 5.41 Å². The van der Waals surface area contributed by atoms with Gasteiger partial charge < -0.3 is 9.94 Å². The maximum atomic E-state index is 12.0. The van der Waals surface area contributed by atoms with E-state index in [4.69, 9.17) is 9.94 Å². The topological polar surface area (TPSA) is 58.9 Å². The molecule has 1 aliphatic rings. The molecule has 0 atom stereocenters. The van der Waals surface area contributed by atoms with Crippen molar-refractivity contribution in [2.75, 3.05) is 7.11 Å². The Bertz CT molecular complexity index is 489. The van der Waals surface area contributed by atoms with Crippen molar-refractivity contribution in [1.82, 2.24) is 0 Å². The molecule has 0 fully saturated rings. The smallest absolute Gasteiger partial charge is 0.211 e. The van der Waals surface area contributed by atoms with Gasteiger partial charge in [0.05, 0.1) is 7.11 Å². The summed E-state index contributed by atoms with van der Waals surface area (Å²) in [6.07, 6.45) is 0. The van der Waals surface area contributed by atoms with E-state index >= 15 is 0 Å². The first-order chi connectivity index (χ1) is 7.52. The molecule has 0 saturated heterocycles. The van der Waals surface area contributed by atoms with Crippen molar-refractivity contribution in [1.29, 1.82) is 0 Å². The number of fused-ring (bicyclic) bond motifs is 1. The third-order valence-corrected chi connectivity index (χ3v) is 3.05. The maximum Gasteiger partial charge on any atom is 0.211 e. The Hall–Kier alpha value is -1.84. The van der Waals surface area contributed by atoms with Gasteiger partial charge in [-0.25, -0.2) is 0 Å². The first-order valence-electron chi connectivity index (χ1n) is 4.98. The number of hydrogen-bond acceptors (Lipinski definition) is 4. The average molecular weight is 219 g/mol. The zero-order valence-electron chi connectivity index (χ0n) is 9.44. The molecule has 0 saturated carbocycles. The Morgan fingerprint density at radius 2 is 2.06 bits per heavy atom. The molecule has 0 heterocycles. The van der Waals surface area contributed by atoms with Crippen LogP contribution in [-0.2, 0) is 5.41 Å². The van der Waals surface area contributed by atoms with E-state index in [2.05, 4.69) is 5.16 Å². The minimum Gasteiger partial charge on any atom is -0.497 e. The Labute approximate surface area is 93.5 Å². The van der Waals surface area contributed by atoms with Gasteiger partial charge >= 0.3 is 0 Å². The number of benzene rings is 1. The predicted molar refractivity (Wildman–Crippen MR) is 59.6 cm³/mol. The summed E-state index contributed by atoms with van der Waals surface area (Å²) >= 11 is 0. The van der Waals surface area contributed by atoms with E-state index in [9.17, 15) is 4.79 Å². The molecule has 1 aromatic rings. The van der Waals surface area contributed by atoms with Crippen LogP contribution in [0.25, 0.3) is 0 Å². The van der Waals surface area contributed by atoms with Crippen LogP contribution >= 0.6 is 0 Å². The number of nitrogens with zero attached hydrogens (tertiary/aromatic N) is 1. The van der Waals surface area contributed by atoms with E-state index in [1.54, 1.807) is 19.2 Å². The van der Waals surface area contributed by atoms with Crippen LogP contribution in [0.1, 0.15) is 29.8 Å². The molecule has 0 aliphatic heterocycles. The highest BCUT2D eigenvalue weighted by Crippen LogP contribution is 2.37. The van der Waals surface area contributed by atoms with E-state index in [-0.39, 0.29) is 11.5 Å². The van der Waals surface area contributed by atoms with Crippen LogP contribution in [0.2, 0.25) is 0 Å². The highest BCUT2D eigenvalue weighted by molar-refractivity contribution is 6.52. The number of carbonyl (C=O) groups is 1. The van der Waals surface area contributed by atoms with Gasteiger partial charge in [0.2, 0.25) is 5.78 Å². The summed E-state index contributed by atoms with van der Waals surface area (Å²) in [5, 5.41) is 12.0. The summed E-state index contributed by atoms with van der Waals surface area (Å²) in [5.41, 5.74) is 1.05. The van der Waals surface area contributed by atoms with E-state index in [0.717, 1.165) is 5.56 Å². The summed E-state index contributed by atoms with van der Waals surface area (Å²) in [5.74, 6) is 0.392. The van der Waals surface area contributed by atoms with Gasteiger partial charge in [0.1, 0.15) is 11.5 Å². The first kappa shape index (κ1) is 10.7. The van der Waals surface area contributed by atoms with E-state index in [0.29, 0.717) is 11.3 Å². The van der Waals surface area contributed by atoms with Crippen LogP contribution < -0.4 is 4.74 Å². The van der Waals surface area contributed by atoms with Gasteiger partial charge in [0.25, 0.3) is 0 Å². The lowest BCUT2D eigenvalue weighted by atomic mass is 9.85. The quantitative estimate of drug-likeness (QED) is 0.580. The second-order valence-corrected chi connectivity index (χ2v) is 4.31. The Morgan fingerprint density at radius 1 is 1.38 bits per heavy atom. The summed E-state index contributed by atoms with van der Waals surface area (Å²) < 4.78 is 5.07. The number of ether oxygens (including phenoxy) is 1. The maximum absolute atomic E-state index is 12.0. The number of ketones is 1.